The van der Waals surface area contributed by atoms with E-state index in [1.165, 1.54) is 0 Å². The smallest absolute Gasteiger partial charge is 0.235 e. The van der Waals surface area contributed by atoms with Gasteiger partial charge in [-0.3, -0.25) is 9.59 Å². The highest BCUT2D eigenvalue weighted by atomic mass is 16.2. The average Bonchev–Trinajstić information content (AvgIpc) is 2.68. The van der Waals surface area contributed by atoms with E-state index < -0.39 is 22.6 Å². The summed E-state index contributed by atoms with van der Waals surface area (Å²) in [7, 11) is 0. The maximum absolute atomic E-state index is 11.9. The van der Waals surface area contributed by atoms with Crippen molar-refractivity contribution < 1.29 is 9.59 Å². The van der Waals surface area contributed by atoms with Crippen LogP contribution in [0.5, 0.6) is 0 Å². The summed E-state index contributed by atoms with van der Waals surface area (Å²) in [5.74, 6) is -0.887. The van der Waals surface area contributed by atoms with Crippen molar-refractivity contribution in [3.8, 4) is 0 Å². The number of nitrogens with two attached hydrogens (primary N) is 2. The molecular formula is C15H14N2O2. The molecule has 19 heavy (non-hydrogen) atoms. The Balaban J connectivity index is 2.33. The normalized spacial score (nSPS) is 30.7. The molecule has 1 aromatic carbocycles. The molecule has 0 saturated carbocycles. The zero-order chi connectivity index (χ0) is 13.8. The number of hydrogen-bond acceptors (Lipinski definition) is 2. The van der Waals surface area contributed by atoms with Gasteiger partial charge < -0.3 is 11.5 Å². The molecule has 4 heteroatoms. The van der Waals surface area contributed by atoms with Crippen LogP contribution in [0.25, 0.3) is 5.57 Å². The van der Waals surface area contributed by atoms with E-state index >= 15 is 0 Å². The fourth-order valence-corrected chi connectivity index (χ4v) is 2.92. The quantitative estimate of drug-likeness (QED) is 0.767. The van der Waals surface area contributed by atoms with Gasteiger partial charge in [-0.25, -0.2) is 0 Å². The lowest BCUT2D eigenvalue weighted by atomic mass is 9.73. The molecule has 2 bridgehead atoms. The molecule has 96 valence electrons. The molecule has 0 radical (unpaired) electrons. The first-order valence-electron chi connectivity index (χ1n) is 6.05. The zero-order valence-corrected chi connectivity index (χ0v) is 10.5. The van der Waals surface area contributed by atoms with Crippen molar-refractivity contribution in [3.63, 3.8) is 0 Å². The van der Waals surface area contributed by atoms with E-state index in [-0.39, 0.29) is 0 Å². The van der Waals surface area contributed by atoms with Crippen LogP contribution in [0.15, 0.2) is 42.5 Å². The number of amides is 2. The van der Waals surface area contributed by atoms with Crippen molar-refractivity contribution in [2.45, 2.75) is 12.3 Å². The first kappa shape index (κ1) is 11.7. The lowest BCUT2D eigenvalue weighted by Crippen LogP contribution is -2.40. The zero-order valence-electron chi connectivity index (χ0n) is 10.5. The van der Waals surface area contributed by atoms with Gasteiger partial charge in [-0.15, -0.1) is 0 Å². The summed E-state index contributed by atoms with van der Waals surface area (Å²) in [5.41, 5.74) is 11.7. The Hall–Kier alpha value is -2.36. The highest BCUT2D eigenvalue weighted by Gasteiger charge is 2.50. The molecule has 1 aromatic rings. The molecule has 0 fully saturated rings. The Labute approximate surface area is 110 Å². The van der Waals surface area contributed by atoms with Crippen LogP contribution in [0.1, 0.15) is 18.1 Å². The van der Waals surface area contributed by atoms with Gasteiger partial charge in [-0.05, 0) is 23.6 Å². The van der Waals surface area contributed by atoms with Crippen LogP contribution in [0.2, 0.25) is 0 Å². The number of carbonyl (C=O) groups excluding carboxylic acids is 2. The van der Waals surface area contributed by atoms with Crippen molar-refractivity contribution in [1.82, 2.24) is 0 Å². The maximum atomic E-state index is 11.9. The van der Waals surface area contributed by atoms with E-state index in [1.54, 1.807) is 25.2 Å². The largest absolute Gasteiger partial charge is 0.369 e. The van der Waals surface area contributed by atoms with Gasteiger partial charge in [-0.2, -0.15) is 0 Å². The summed E-state index contributed by atoms with van der Waals surface area (Å²) in [6.45, 7) is 1.75. The third kappa shape index (κ3) is 1.23. The first-order chi connectivity index (χ1) is 8.92. The maximum Gasteiger partial charge on any atom is 0.235 e. The fraction of sp³-hybridized carbons (Fsp3) is 0.200. The van der Waals surface area contributed by atoms with Crippen LogP contribution in [-0.2, 0) is 15.0 Å². The minimum absolute atomic E-state index is 0.440. The Morgan fingerprint density at radius 1 is 1.05 bits per heavy atom. The van der Waals surface area contributed by atoms with E-state index in [1.807, 2.05) is 24.3 Å². The molecule has 3 rings (SSSR count). The molecule has 0 spiro atoms. The Morgan fingerprint density at radius 2 is 1.74 bits per heavy atom. The van der Waals surface area contributed by atoms with Crippen molar-refractivity contribution >= 4 is 17.4 Å². The van der Waals surface area contributed by atoms with Gasteiger partial charge >= 0.3 is 0 Å². The van der Waals surface area contributed by atoms with Crippen LogP contribution in [0, 0.1) is 5.41 Å². The molecule has 2 amide bonds. The summed E-state index contributed by atoms with van der Waals surface area (Å²) in [6.07, 6.45) is 5.15. The summed E-state index contributed by atoms with van der Waals surface area (Å²) in [5, 5.41) is 0. The van der Waals surface area contributed by atoms with Gasteiger partial charge in [0.1, 0.15) is 5.41 Å². The second-order valence-corrected chi connectivity index (χ2v) is 5.24. The SMILES string of the molecule is CC1(C(N)=O)C=CC2(C(N)=O)C=C1c1ccccc12. The molecule has 2 aliphatic rings. The molecule has 2 unspecified atom stereocenters. The van der Waals surface area contributed by atoms with E-state index in [0.717, 1.165) is 16.7 Å². The average molecular weight is 254 g/mol. The Kier molecular flexibility index (Phi) is 2.06. The second kappa shape index (κ2) is 3.35. The van der Waals surface area contributed by atoms with Crippen LogP contribution in [0.4, 0.5) is 0 Å². The molecule has 0 aliphatic heterocycles. The third-order valence-corrected chi connectivity index (χ3v) is 4.19. The van der Waals surface area contributed by atoms with E-state index in [2.05, 4.69) is 0 Å². The van der Waals surface area contributed by atoms with Crippen LogP contribution >= 0.6 is 0 Å². The molecule has 4 N–H and O–H groups in total. The number of benzene rings is 1. The minimum atomic E-state index is -0.944. The molecular weight excluding hydrogens is 240 g/mol. The Morgan fingerprint density at radius 3 is 2.37 bits per heavy atom. The molecule has 4 nitrogen and oxygen atoms in total. The van der Waals surface area contributed by atoms with Gasteiger partial charge in [0.15, 0.2) is 0 Å². The first-order valence-corrected chi connectivity index (χ1v) is 6.05. The summed E-state index contributed by atoms with van der Waals surface area (Å²) < 4.78 is 0. The van der Waals surface area contributed by atoms with Gasteiger partial charge in [-0.1, -0.05) is 42.5 Å². The van der Waals surface area contributed by atoms with Gasteiger partial charge in [0.2, 0.25) is 11.8 Å². The van der Waals surface area contributed by atoms with E-state index in [9.17, 15) is 9.59 Å². The van der Waals surface area contributed by atoms with Gasteiger partial charge in [0, 0.05) is 0 Å². The van der Waals surface area contributed by atoms with Crippen molar-refractivity contribution in [2.24, 2.45) is 16.9 Å². The predicted octanol–water partition coefficient (Wildman–Crippen LogP) is 0.868. The van der Waals surface area contributed by atoms with E-state index in [0.29, 0.717) is 0 Å². The van der Waals surface area contributed by atoms with Crippen LogP contribution in [-0.4, -0.2) is 11.8 Å². The van der Waals surface area contributed by atoms with Crippen molar-refractivity contribution in [1.29, 1.82) is 0 Å². The Bertz CT molecular complexity index is 674. The highest BCUT2D eigenvalue weighted by Crippen LogP contribution is 2.52. The molecule has 2 aliphatic carbocycles. The molecule has 0 saturated heterocycles. The summed E-state index contributed by atoms with van der Waals surface area (Å²) in [4.78, 5) is 23.6. The predicted molar refractivity (Wildman–Crippen MR) is 71.7 cm³/mol. The van der Waals surface area contributed by atoms with Crippen LogP contribution in [0.3, 0.4) is 0 Å². The number of carbonyl (C=O) groups is 2. The topological polar surface area (TPSA) is 86.2 Å². The van der Waals surface area contributed by atoms with Crippen molar-refractivity contribution in [3.05, 3.63) is 53.6 Å². The van der Waals surface area contributed by atoms with Gasteiger partial charge in [0.05, 0.1) is 5.41 Å². The molecule has 2 atom stereocenters. The van der Waals surface area contributed by atoms with Crippen molar-refractivity contribution in [2.75, 3.05) is 0 Å². The fourth-order valence-electron chi connectivity index (χ4n) is 2.92. The minimum Gasteiger partial charge on any atom is -0.369 e. The third-order valence-electron chi connectivity index (χ3n) is 4.19. The lowest BCUT2D eigenvalue weighted by Gasteiger charge is -2.29. The number of primary amides is 2. The molecule has 0 aromatic heterocycles. The highest BCUT2D eigenvalue weighted by molar-refractivity contribution is 6.07. The lowest BCUT2D eigenvalue weighted by molar-refractivity contribution is -0.123. The van der Waals surface area contributed by atoms with E-state index in [4.69, 9.17) is 11.5 Å². The molecule has 0 heterocycles. The number of hydrogen-bond donors (Lipinski definition) is 2. The summed E-state index contributed by atoms with van der Waals surface area (Å²) >= 11 is 0. The summed E-state index contributed by atoms with van der Waals surface area (Å²) in [6, 6.07) is 7.48. The standard InChI is InChI=1S/C15H14N2O2/c1-14(12(16)18)6-7-15(13(17)19)8-11(14)9-4-2-3-5-10(9)15/h2-8H,1H3,(H2,16,18)(H2,17,19). The number of rotatable bonds is 2. The van der Waals surface area contributed by atoms with Gasteiger partial charge in [0.25, 0.3) is 0 Å². The number of fused-ring (bicyclic) bond motifs is 4. The second-order valence-electron chi connectivity index (χ2n) is 5.24. The van der Waals surface area contributed by atoms with Crippen LogP contribution < -0.4 is 11.5 Å². The monoisotopic (exact) mass is 254 g/mol.